The molecule has 30 heavy (non-hydrogen) atoms. The van der Waals surface area contributed by atoms with E-state index in [0.29, 0.717) is 17.3 Å². The third-order valence-corrected chi connectivity index (χ3v) is 5.65. The molecule has 4 aromatic rings. The Morgan fingerprint density at radius 2 is 1.90 bits per heavy atom. The van der Waals surface area contributed by atoms with E-state index in [0.717, 1.165) is 35.2 Å². The zero-order valence-electron chi connectivity index (χ0n) is 16.7. The van der Waals surface area contributed by atoms with Crippen LogP contribution < -0.4 is 0 Å². The summed E-state index contributed by atoms with van der Waals surface area (Å²) in [5.41, 5.74) is 4.18. The maximum atomic E-state index is 9.08. The fourth-order valence-corrected chi connectivity index (χ4v) is 3.99. The van der Waals surface area contributed by atoms with E-state index in [2.05, 4.69) is 36.7 Å². The monoisotopic (exact) mass is 398 g/mol. The van der Waals surface area contributed by atoms with Crippen molar-refractivity contribution in [2.75, 3.05) is 19.6 Å². The van der Waals surface area contributed by atoms with E-state index in [1.54, 1.807) is 18.2 Å². The van der Waals surface area contributed by atoms with E-state index in [1.807, 2.05) is 24.5 Å². The molecule has 2 aromatic carbocycles. The third kappa shape index (κ3) is 3.70. The Balaban J connectivity index is 1.35. The summed E-state index contributed by atoms with van der Waals surface area (Å²) in [5.74, 6) is 0.909. The highest BCUT2D eigenvalue weighted by Crippen LogP contribution is 2.25. The van der Waals surface area contributed by atoms with Gasteiger partial charge in [-0.25, -0.2) is 4.98 Å². The van der Waals surface area contributed by atoms with Crippen LogP contribution in [0.2, 0.25) is 0 Å². The highest BCUT2D eigenvalue weighted by atomic mass is 16.5. The first-order chi connectivity index (χ1) is 14.8. The van der Waals surface area contributed by atoms with Crippen molar-refractivity contribution in [3.8, 4) is 28.9 Å². The first-order valence-corrected chi connectivity index (χ1v) is 10.3. The first kappa shape index (κ1) is 18.5. The van der Waals surface area contributed by atoms with Gasteiger partial charge in [0.15, 0.2) is 0 Å². The topological polar surface area (TPSA) is 83.8 Å². The summed E-state index contributed by atoms with van der Waals surface area (Å²) in [5, 5.41) is 13.2. The smallest absolute Gasteiger partial charge is 0.258 e. The Kier molecular flexibility index (Phi) is 4.99. The third-order valence-electron chi connectivity index (χ3n) is 5.65. The number of hydrogen-bond acceptors (Lipinski definition) is 6. The first-order valence-electron chi connectivity index (χ1n) is 10.3. The van der Waals surface area contributed by atoms with Gasteiger partial charge in [0.25, 0.3) is 5.89 Å². The molecule has 0 spiro atoms. The quantitative estimate of drug-likeness (QED) is 0.503. The van der Waals surface area contributed by atoms with Crippen molar-refractivity contribution >= 4 is 11.0 Å². The van der Waals surface area contributed by atoms with Gasteiger partial charge in [0.05, 0.1) is 29.0 Å². The number of imidazole rings is 1. The predicted molar refractivity (Wildman–Crippen MR) is 113 cm³/mol. The van der Waals surface area contributed by atoms with Gasteiger partial charge in [-0.2, -0.15) is 10.2 Å². The number of piperidine rings is 1. The summed E-state index contributed by atoms with van der Waals surface area (Å²) in [6, 6.07) is 15.3. The number of nitriles is 1. The van der Waals surface area contributed by atoms with Crippen LogP contribution in [-0.4, -0.2) is 44.2 Å². The van der Waals surface area contributed by atoms with Crippen molar-refractivity contribution in [2.24, 2.45) is 0 Å². The lowest BCUT2D eigenvalue weighted by molar-refractivity contribution is 0.221. The van der Waals surface area contributed by atoms with Crippen LogP contribution >= 0.6 is 0 Å². The minimum atomic E-state index is 0.397. The predicted octanol–water partition coefficient (Wildman–Crippen LogP) is 4.11. The minimum Gasteiger partial charge on any atom is -0.334 e. The summed E-state index contributed by atoms with van der Waals surface area (Å²) in [4.78, 5) is 11.6. The summed E-state index contributed by atoms with van der Waals surface area (Å²) >= 11 is 0. The van der Waals surface area contributed by atoms with Crippen LogP contribution in [0.15, 0.2) is 53.3 Å². The molecule has 0 unspecified atom stereocenters. The van der Waals surface area contributed by atoms with E-state index >= 15 is 0 Å². The Morgan fingerprint density at radius 1 is 1.00 bits per heavy atom. The molecule has 0 bridgehead atoms. The van der Waals surface area contributed by atoms with Crippen molar-refractivity contribution < 1.29 is 4.52 Å². The van der Waals surface area contributed by atoms with Gasteiger partial charge in [0.1, 0.15) is 0 Å². The fraction of sp³-hybridized carbons (Fsp3) is 0.304. The van der Waals surface area contributed by atoms with Gasteiger partial charge in [-0.15, -0.1) is 0 Å². The summed E-state index contributed by atoms with van der Waals surface area (Å²) in [6.07, 6.45) is 5.88. The lowest BCUT2D eigenvalue weighted by atomic mass is 10.1. The lowest BCUT2D eigenvalue weighted by Crippen LogP contribution is -2.32. The van der Waals surface area contributed by atoms with Crippen molar-refractivity contribution in [3.05, 3.63) is 54.4 Å². The molecule has 1 aliphatic heterocycles. The minimum absolute atomic E-state index is 0.397. The van der Waals surface area contributed by atoms with Crippen LogP contribution in [0.1, 0.15) is 24.8 Å². The molecular formula is C23H22N6O. The molecular weight excluding hydrogens is 376 g/mol. The Bertz CT molecular complexity index is 1210. The Hall–Kier alpha value is -3.50. The largest absolute Gasteiger partial charge is 0.334 e. The van der Waals surface area contributed by atoms with Crippen molar-refractivity contribution in [2.45, 2.75) is 25.8 Å². The van der Waals surface area contributed by atoms with Gasteiger partial charge >= 0.3 is 0 Å². The molecule has 0 saturated carbocycles. The highest BCUT2D eigenvalue weighted by Gasteiger charge is 2.14. The molecule has 7 heteroatoms. The van der Waals surface area contributed by atoms with E-state index in [-0.39, 0.29) is 0 Å². The summed E-state index contributed by atoms with van der Waals surface area (Å²) in [6.45, 7) is 4.41. The maximum Gasteiger partial charge on any atom is 0.258 e. The zero-order valence-corrected chi connectivity index (χ0v) is 16.7. The Labute approximate surface area is 174 Å². The highest BCUT2D eigenvalue weighted by molar-refractivity contribution is 5.80. The lowest BCUT2D eigenvalue weighted by Gasteiger charge is -2.26. The molecule has 3 heterocycles. The molecule has 5 rings (SSSR count). The van der Waals surface area contributed by atoms with Crippen LogP contribution in [-0.2, 0) is 6.54 Å². The average Bonchev–Trinajstić information content (AvgIpc) is 3.45. The molecule has 0 atom stereocenters. The molecule has 150 valence electrons. The van der Waals surface area contributed by atoms with Crippen LogP contribution in [0.5, 0.6) is 0 Å². The summed E-state index contributed by atoms with van der Waals surface area (Å²) < 4.78 is 7.64. The number of likely N-dealkylation sites (tertiary alicyclic amines) is 1. The molecule has 0 radical (unpaired) electrons. The molecule has 0 N–H and O–H groups in total. The number of nitrogens with zero attached hydrogens (tertiary/aromatic N) is 6. The van der Waals surface area contributed by atoms with E-state index in [9.17, 15) is 0 Å². The molecule has 1 fully saturated rings. The van der Waals surface area contributed by atoms with Crippen molar-refractivity contribution in [1.29, 1.82) is 5.26 Å². The zero-order chi connectivity index (χ0) is 20.3. The maximum absolute atomic E-state index is 9.08. The van der Waals surface area contributed by atoms with Gasteiger partial charge < -0.3 is 14.0 Å². The van der Waals surface area contributed by atoms with E-state index in [4.69, 9.17) is 9.78 Å². The van der Waals surface area contributed by atoms with Crippen LogP contribution in [0.25, 0.3) is 33.9 Å². The molecule has 1 saturated heterocycles. The average molecular weight is 398 g/mol. The van der Waals surface area contributed by atoms with Gasteiger partial charge in [0, 0.05) is 24.2 Å². The molecule has 0 aliphatic carbocycles. The second kappa shape index (κ2) is 8.09. The van der Waals surface area contributed by atoms with Crippen LogP contribution in [0.3, 0.4) is 0 Å². The van der Waals surface area contributed by atoms with Crippen LogP contribution in [0.4, 0.5) is 0 Å². The van der Waals surface area contributed by atoms with E-state index < -0.39 is 0 Å². The van der Waals surface area contributed by atoms with E-state index in [1.165, 1.54) is 32.4 Å². The molecule has 7 nitrogen and oxygen atoms in total. The number of fused-ring (bicyclic) bond motifs is 1. The van der Waals surface area contributed by atoms with Gasteiger partial charge in [0.2, 0.25) is 5.82 Å². The van der Waals surface area contributed by atoms with Crippen molar-refractivity contribution in [1.82, 2.24) is 24.6 Å². The molecule has 2 aromatic heterocycles. The Morgan fingerprint density at radius 3 is 2.77 bits per heavy atom. The molecule has 0 amide bonds. The van der Waals surface area contributed by atoms with Crippen molar-refractivity contribution in [3.63, 3.8) is 0 Å². The van der Waals surface area contributed by atoms with Crippen LogP contribution in [0, 0.1) is 11.3 Å². The number of hydrogen-bond donors (Lipinski definition) is 0. The fourth-order valence-electron chi connectivity index (χ4n) is 3.99. The second-order valence-electron chi connectivity index (χ2n) is 7.66. The van der Waals surface area contributed by atoms with Gasteiger partial charge in [-0.1, -0.05) is 17.6 Å². The van der Waals surface area contributed by atoms with Gasteiger partial charge in [-0.3, -0.25) is 0 Å². The number of aromatic nitrogens is 4. The standard InChI is InChI=1S/C23H22N6O/c24-15-17-5-4-6-19(13-17)23-26-22(27-30-23)18-7-8-21-20(14-18)25-16-29(21)12-11-28-9-2-1-3-10-28/h4-8,13-14,16H,1-3,9-12H2. The normalized spacial score (nSPS) is 14.8. The molecule has 1 aliphatic rings. The summed E-state index contributed by atoms with van der Waals surface area (Å²) in [7, 11) is 0. The number of benzene rings is 2. The SMILES string of the molecule is N#Cc1cccc(-c2nc(-c3ccc4c(c3)ncn4CCN3CCCCC3)no2)c1. The van der Waals surface area contributed by atoms with Gasteiger partial charge in [-0.05, 0) is 62.3 Å². The number of rotatable bonds is 5. The second-order valence-corrected chi connectivity index (χ2v) is 7.66.